The van der Waals surface area contributed by atoms with E-state index in [0.717, 1.165) is 23.9 Å². The normalized spacial score (nSPS) is 35.5. The standard InChI is InChI=1S/C17H33N3/c1-4-14(3)19-8-6-17(7-9-19)20-12-15-10-18(5-2)11-16(15)13-20/h14-17H,4-13H2,1-3H3. The van der Waals surface area contributed by atoms with Crippen LogP contribution >= 0.6 is 0 Å². The summed E-state index contributed by atoms with van der Waals surface area (Å²) in [5.74, 6) is 1.95. The van der Waals surface area contributed by atoms with Crippen LogP contribution in [0.3, 0.4) is 0 Å². The lowest BCUT2D eigenvalue weighted by molar-refractivity contribution is 0.0932. The van der Waals surface area contributed by atoms with Gasteiger partial charge in [0.2, 0.25) is 0 Å². The predicted molar refractivity (Wildman–Crippen MR) is 85.0 cm³/mol. The van der Waals surface area contributed by atoms with Crippen LogP contribution in [0, 0.1) is 11.8 Å². The van der Waals surface area contributed by atoms with E-state index in [4.69, 9.17) is 0 Å². The maximum Gasteiger partial charge on any atom is 0.0120 e. The molecule has 3 aliphatic rings. The first-order chi connectivity index (χ1) is 9.71. The van der Waals surface area contributed by atoms with E-state index in [2.05, 4.69) is 35.5 Å². The molecule has 3 atom stereocenters. The van der Waals surface area contributed by atoms with Crippen molar-refractivity contribution in [2.45, 2.75) is 52.1 Å². The van der Waals surface area contributed by atoms with Crippen LogP contribution in [0.1, 0.15) is 40.0 Å². The van der Waals surface area contributed by atoms with Gasteiger partial charge in [-0.1, -0.05) is 13.8 Å². The highest BCUT2D eigenvalue weighted by Gasteiger charge is 2.41. The Kier molecular flexibility index (Phi) is 4.68. The van der Waals surface area contributed by atoms with Crippen molar-refractivity contribution >= 4 is 0 Å². The lowest BCUT2D eigenvalue weighted by Crippen LogP contribution is -2.47. The molecule has 3 aliphatic heterocycles. The summed E-state index contributed by atoms with van der Waals surface area (Å²) in [6.45, 7) is 16.4. The van der Waals surface area contributed by atoms with E-state index >= 15 is 0 Å². The largest absolute Gasteiger partial charge is 0.303 e. The molecule has 0 spiro atoms. The molecule has 0 aromatic heterocycles. The summed E-state index contributed by atoms with van der Waals surface area (Å²) in [5, 5.41) is 0. The zero-order chi connectivity index (χ0) is 14.1. The second-order valence-electron chi connectivity index (χ2n) is 7.35. The minimum absolute atomic E-state index is 0.784. The van der Waals surface area contributed by atoms with Crippen LogP contribution in [0.4, 0.5) is 0 Å². The van der Waals surface area contributed by atoms with Gasteiger partial charge in [0.15, 0.2) is 0 Å². The van der Waals surface area contributed by atoms with Gasteiger partial charge < -0.3 is 9.80 Å². The maximum atomic E-state index is 2.84. The van der Waals surface area contributed by atoms with Gasteiger partial charge in [-0.2, -0.15) is 0 Å². The molecule has 0 bridgehead atoms. The average Bonchev–Trinajstić information content (AvgIpc) is 3.04. The Morgan fingerprint density at radius 1 is 0.950 bits per heavy atom. The third-order valence-corrected chi connectivity index (χ3v) is 6.27. The third-order valence-electron chi connectivity index (χ3n) is 6.27. The van der Waals surface area contributed by atoms with Crippen molar-refractivity contribution in [3.8, 4) is 0 Å². The molecule has 0 saturated carbocycles. The Balaban J connectivity index is 1.47. The molecule has 3 fully saturated rings. The molecule has 0 N–H and O–H groups in total. The van der Waals surface area contributed by atoms with Gasteiger partial charge in [0.05, 0.1) is 0 Å². The zero-order valence-corrected chi connectivity index (χ0v) is 13.7. The van der Waals surface area contributed by atoms with Gasteiger partial charge in [-0.3, -0.25) is 4.90 Å². The molecule has 0 radical (unpaired) electrons. The maximum absolute atomic E-state index is 2.84. The summed E-state index contributed by atoms with van der Waals surface area (Å²) in [4.78, 5) is 8.20. The molecule has 116 valence electrons. The van der Waals surface area contributed by atoms with Crippen LogP contribution in [-0.4, -0.2) is 72.6 Å². The van der Waals surface area contributed by atoms with E-state index in [1.807, 2.05) is 0 Å². The minimum Gasteiger partial charge on any atom is -0.303 e. The molecule has 0 aromatic carbocycles. The summed E-state index contributed by atoms with van der Waals surface area (Å²) in [6, 6.07) is 1.67. The van der Waals surface area contributed by atoms with Crippen molar-refractivity contribution in [2.75, 3.05) is 45.8 Å². The topological polar surface area (TPSA) is 9.72 Å². The number of hydrogen-bond acceptors (Lipinski definition) is 3. The van der Waals surface area contributed by atoms with E-state index in [0.29, 0.717) is 0 Å². The van der Waals surface area contributed by atoms with E-state index in [9.17, 15) is 0 Å². The molecule has 0 aliphatic carbocycles. The molecule has 0 aromatic rings. The van der Waals surface area contributed by atoms with Gasteiger partial charge in [0, 0.05) is 38.3 Å². The van der Waals surface area contributed by atoms with Crippen LogP contribution in [0.25, 0.3) is 0 Å². The Labute approximate surface area is 125 Å². The van der Waals surface area contributed by atoms with Crippen molar-refractivity contribution < 1.29 is 0 Å². The molecule has 3 heterocycles. The lowest BCUT2D eigenvalue weighted by atomic mass is 10.0. The van der Waals surface area contributed by atoms with Crippen molar-refractivity contribution in [2.24, 2.45) is 11.8 Å². The molecule has 3 nitrogen and oxygen atoms in total. The van der Waals surface area contributed by atoms with Gasteiger partial charge in [-0.05, 0) is 57.7 Å². The highest BCUT2D eigenvalue weighted by Crippen LogP contribution is 2.34. The summed E-state index contributed by atoms with van der Waals surface area (Å²) < 4.78 is 0. The SMILES string of the molecule is CCC(C)N1CCC(N2CC3CN(CC)CC3C2)CC1. The van der Waals surface area contributed by atoms with E-state index in [1.165, 1.54) is 65.1 Å². The minimum atomic E-state index is 0.784. The monoisotopic (exact) mass is 279 g/mol. The quantitative estimate of drug-likeness (QED) is 0.780. The molecule has 3 rings (SSSR count). The van der Waals surface area contributed by atoms with Gasteiger partial charge in [-0.25, -0.2) is 0 Å². The number of rotatable bonds is 4. The second-order valence-corrected chi connectivity index (χ2v) is 7.35. The molecule has 3 unspecified atom stereocenters. The van der Waals surface area contributed by atoms with E-state index in [-0.39, 0.29) is 0 Å². The van der Waals surface area contributed by atoms with Crippen molar-refractivity contribution in [3.05, 3.63) is 0 Å². The van der Waals surface area contributed by atoms with Crippen molar-refractivity contribution in [1.29, 1.82) is 0 Å². The number of hydrogen-bond donors (Lipinski definition) is 0. The van der Waals surface area contributed by atoms with Gasteiger partial charge in [-0.15, -0.1) is 0 Å². The van der Waals surface area contributed by atoms with Crippen LogP contribution in [-0.2, 0) is 0 Å². The van der Waals surface area contributed by atoms with Crippen LogP contribution in [0.2, 0.25) is 0 Å². The average molecular weight is 279 g/mol. The van der Waals surface area contributed by atoms with Gasteiger partial charge in [0.1, 0.15) is 0 Å². The summed E-state index contributed by atoms with van der Waals surface area (Å²) in [7, 11) is 0. The van der Waals surface area contributed by atoms with E-state index in [1.54, 1.807) is 0 Å². The van der Waals surface area contributed by atoms with E-state index < -0.39 is 0 Å². The molecular weight excluding hydrogens is 246 g/mol. The highest BCUT2D eigenvalue weighted by atomic mass is 15.3. The highest BCUT2D eigenvalue weighted by molar-refractivity contribution is 4.95. The third kappa shape index (κ3) is 2.90. The summed E-state index contributed by atoms with van der Waals surface area (Å²) >= 11 is 0. The first kappa shape index (κ1) is 14.8. The Hall–Kier alpha value is -0.120. The van der Waals surface area contributed by atoms with Gasteiger partial charge >= 0.3 is 0 Å². The Bertz CT molecular complexity index is 297. The molecule has 3 saturated heterocycles. The molecular formula is C17H33N3. The van der Waals surface area contributed by atoms with Gasteiger partial charge in [0.25, 0.3) is 0 Å². The Morgan fingerprint density at radius 3 is 2.05 bits per heavy atom. The fourth-order valence-electron chi connectivity index (χ4n) is 4.63. The zero-order valence-electron chi connectivity index (χ0n) is 13.7. The number of fused-ring (bicyclic) bond motifs is 1. The number of nitrogens with zero attached hydrogens (tertiary/aromatic N) is 3. The molecule has 20 heavy (non-hydrogen) atoms. The number of piperidine rings is 1. The first-order valence-corrected chi connectivity index (χ1v) is 8.91. The molecule has 3 heteroatoms. The smallest absolute Gasteiger partial charge is 0.0120 e. The number of likely N-dealkylation sites (tertiary alicyclic amines) is 3. The van der Waals surface area contributed by atoms with Crippen molar-refractivity contribution in [3.63, 3.8) is 0 Å². The summed E-state index contributed by atoms with van der Waals surface area (Å²) in [5.41, 5.74) is 0. The van der Waals surface area contributed by atoms with Crippen LogP contribution in [0.15, 0.2) is 0 Å². The van der Waals surface area contributed by atoms with Crippen LogP contribution in [0.5, 0.6) is 0 Å². The second kappa shape index (κ2) is 6.33. The predicted octanol–water partition coefficient (Wildman–Crippen LogP) is 2.13. The molecule has 0 amide bonds. The fraction of sp³-hybridized carbons (Fsp3) is 1.00. The lowest BCUT2D eigenvalue weighted by Gasteiger charge is -2.39. The van der Waals surface area contributed by atoms with Crippen molar-refractivity contribution in [1.82, 2.24) is 14.7 Å². The first-order valence-electron chi connectivity index (χ1n) is 8.91. The fourth-order valence-corrected chi connectivity index (χ4v) is 4.63. The Morgan fingerprint density at radius 2 is 1.55 bits per heavy atom. The van der Waals surface area contributed by atoms with Crippen LogP contribution < -0.4 is 0 Å². The summed E-state index contributed by atoms with van der Waals surface area (Å²) in [6.07, 6.45) is 4.11.